The van der Waals surface area contributed by atoms with E-state index in [0.29, 0.717) is 0 Å². The van der Waals surface area contributed by atoms with Crippen LogP contribution in [0.5, 0.6) is 0 Å². The second-order valence-electron chi connectivity index (χ2n) is 6.39. The SMILES string of the molecule is CNCc1cc(N(CCC(C)C)CCC(C)C)ccn1. The molecular weight excluding hydrogens is 246 g/mol. The molecule has 0 bridgehead atoms. The highest BCUT2D eigenvalue weighted by Gasteiger charge is 2.09. The average molecular weight is 277 g/mol. The molecule has 1 aromatic rings. The molecule has 0 aliphatic carbocycles. The fourth-order valence-corrected chi connectivity index (χ4v) is 2.14. The van der Waals surface area contributed by atoms with Gasteiger partial charge in [0, 0.05) is 31.5 Å². The van der Waals surface area contributed by atoms with Gasteiger partial charge in [0.2, 0.25) is 0 Å². The summed E-state index contributed by atoms with van der Waals surface area (Å²) in [5, 5.41) is 3.17. The van der Waals surface area contributed by atoms with Crippen molar-refractivity contribution in [3.8, 4) is 0 Å². The molecule has 3 nitrogen and oxygen atoms in total. The monoisotopic (exact) mass is 277 g/mol. The third kappa shape index (κ3) is 6.38. The van der Waals surface area contributed by atoms with E-state index in [1.54, 1.807) is 0 Å². The van der Waals surface area contributed by atoms with Gasteiger partial charge in [-0.1, -0.05) is 27.7 Å². The molecule has 20 heavy (non-hydrogen) atoms. The van der Waals surface area contributed by atoms with Crippen LogP contribution in [0, 0.1) is 11.8 Å². The molecule has 0 atom stereocenters. The molecular formula is C17H31N3. The Morgan fingerprint density at radius 3 is 2.20 bits per heavy atom. The number of nitrogens with zero attached hydrogens (tertiary/aromatic N) is 2. The van der Waals surface area contributed by atoms with Crippen LogP contribution < -0.4 is 10.2 Å². The summed E-state index contributed by atoms with van der Waals surface area (Å²) in [6.07, 6.45) is 4.41. The van der Waals surface area contributed by atoms with Crippen LogP contribution in [0.4, 0.5) is 5.69 Å². The van der Waals surface area contributed by atoms with Crippen molar-refractivity contribution in [1.82, 2.24) is 10.3 Å². The second kappa shape index (κ2) is 8.96. The first-order valence-corrected chi connectivity index (χ1v) is 7.87. The minimum Gasteiger partial charge on any atom is -0.371 e. The summed E-state index contributed by atoms with van der Waals surface area (Å²) in [5.74, 6) is 1.49. The maximum atomic E-state index is 4.41. The van der Waals surface area contributed by atoms with Crippen molar-refractivity contribution < 1.29 is 0 Å². The summed E-state index contributed by atoms with van der Waals surface area (Å²) in [5.41, 5.74) is 2.43. The molecule has 3 heteroatoms. The van der Waals surface area contributed by atoms with Crippen molar-refractivity contribution in [3.63, 3.8) is 0 Å². The van der Waals surface area contributed by atoms with Crippen LogP contribution >= 0.6 is 0 Å². The second-order valence-corrected chi connectivity index (χ2v) is 6.39. The van der Waals surface area contributed by atoms with E-state index in [1.165, 1.54) is 18.5 Å². The van der Waals surface area contributed by atoms with Crippen molar-refractivity contribution in [2.45, 2.75) is 47.1 Å². The van der Waals surface area contributed by atoms with Crippen LogP contribution in [0.25, 0.3) is 0 Å². The average Bonchev–Trinajstić information content (AvgIpc) is 2.39. The summed E-state index contributed by atoms with van der Waals surface area (Å²) in [4.78, 5) is 6.93. The Labute approximate surface area is 124 Å². The van der Waals surface area contributed by atoms with E-state index < -0.39 is 0 Å². The van der Waals surface area contributed by atoms with E-state index in [2.05, 4.69) is 55.0 Å². The van der Waals surface area contributed by atoms with Gasteiger partial charge in [-0.15, -0.1) is 0 Å². The summed E-state index contributed by atoms with van der Waals surface area (Å²) in [6, 6.07) is 4.36. The van der Waals surface area contributed by atoms with Crippen LogP contribution in [0.1, 0.15) is 46.2 Å². The first kappa shape index (κ1) is 17.0. The van der Waals surface area contributed by atoms with Gasteiger partial charge in [0.15, 0.2) is 0 Å². The zero-order chi connectivity index (χ0) is 15.0. The van der Waals surface area contributed by atoms with Crippen molar-refractivity contribution in [2.75, 3.05) is 25.0 Å². The largest absolute Gasteiger partial charge is 0.371 e. The minimum atomic E-state index is 0.746. The van der Waals surface area contributed by atoms with Crippen LogP contribution in [0.2, 0.25) is 0 Å². The Morgan fingerprint density at radius 2 is 1.70 bits per heavy atom. The Morgan fingerprint density at radius 1 is 1.10 bits per heavy atom. The predicted octanol–water partition coefficient (Wildman–Crippen LogP) is 3.70. The molecule has 1 N–H and O–H groups in total. The molecule has 0 aliphatic rings. The first-order valence-electron chi connectivity index (χ1n) is 7.87. The number of nitrogens with one attached hydrogen (secondary N) is 1. The van der Waals surface area contributed by atoms with Gasteiger partial charge in [-0.3, -0.25) is 4.98 Å². The quantitative estimate of drug-likeness (QED) is 0.746. The van der Waals surface area contributed by atoms with E-state index in [4.69, 9.17) is 0 Å². The highest BCUT2D eigenvalue weighted by atomic mass is 15.1. The summed E-state index contributed by atoms with van der Waals surface area (Å²) < 4.78 is 0. The van der Waals surface area contributed by atoms with E-state index >= 15 is 0 Å². The Balaban J connectivity index is 2.76. The lowest BCUT2D eigenvalue weighted by atomic mass is 10.1. The van der Waals surface area contributed by atoms with Crippen molar-refractivity contribution in [3.05, 3.63) is 24.0 Å². The minimum absolute atomic E-state index is 0.746. The van der Waals surface area contributed by atoms with Crippen LogP contribution in [-0.2, 0) is 6.54 Å². The highest BCUT2D eigenvalue weighted by Crippen LogP contribution is 2.18. The normalized spacial score (nSPS) is 11.3. The van der Waals surface area contributed by atoms with Gasteiger partial charge in [0.1, 0.15) is 0 Å². The molecule has 0 spiro atoms. The molecule has 0 aliphatic heterocycles. The van der Waals surface area contributed by atoms with Gasteiger partial charge in [0.05, 0.1) is 5.69 Å². The molecule has 0 amide bonds. The van der Waals surface area contributed by atoms with Crippen molar-refractivity contribution >= 4 is 5.69 Å². The predicted molar refractivity (Wildman–Crippen MR) is 88.1 cm³/mol. The summed E-state index contributed by atoms with van der Waals surface area (Å²) >= 11 is 0. The van der Waals surface area contributed by atoms with Gasteiger partial charge in [-0.25, -0.2) is 0 Å². The van der Waals surface area contributed by atoms with Crippen molar-refractivity contribution in [1.29, 1.82) is 0 Å². The van der Waals surface area contributed by atoms with Crippen LogP contribution in [0.3, 0.4) is 0 Å². The Bertz CT molecular complexity index is 362. The van der Waals surface area contributed by atoms with Crippen LogP contribution in [0.15, 0.2) is 18.3 Å². The molecule has 1 rings (SSSR count). The number of hydrogen-bond acceptors (Lipinski definition) is 3. The maximum Gasteiger partial charge on any atom is 0.0562 e. The molecule has 1 aromatic heterocycles. The van der Waals surface area contributed by atoms with Gasteiger partial charge in [-0.2, -0.15) is 0 Å². The van der Waals surface area contributed by atoms with Crippen molar-refractivity contribution in [2.24, 2.45) is 11.8 Å². The molecule has 114 valence electrons. The molecule has 0 fully saturated rings. The van der Waals surface area contributed by atoms with Gasteiger partial charge < -0.3 is 10.2 Å². The van der Waals surface area contributed by atoms with Crippen LogP contribution in [-0.4, -0.2) is 25.1 Å². The fraction of sp³-hybridized carbons (Fsp3) is 0.706. The lowest BCUT2D eigenvalue weighted by Gasteiger charge is -2.27. The summed E-state index contributed by atoms with van der Waals surface area (Å²) in [6.45, 7) is 12.3. The molecule has 0 saturated carbocycles. The fourth-order valence-electron chi connectivity index (χ4n) is 2.14. The number of hydrogen-bond donors (Lipinski definition) is 1. The van der Waals surface area contributed by atoms with E-state index in [0.717, 1.165) is 37.2 Å². The third-order valence-corrected chi connectivity index (χ3v) is 3.48. The Kier molecular flexibility index (Phi) is 7.60. The lowest BCUT2D eigenvalue weighted by molar-refractivity contribution is 0.535. The van der Waals surface area contributed by atoms with Gasteiger partial charge in [-0.05, 0) is 43.9 Å². The van der Waals surface area contributed by atoms with Gasteiger partial charge in [0.25, 0.3) is 0 Å². The first-order chi connectivity index (χ1) is 9.52. The molecule has 0 unspecified atom stereocenters. The molecule has 0 radical (unpaired) electrons. The molecule has 0 aromatic carbocycles. The third-order valence-electron chi connectivity index (χ3n) is 3.48. The standard InChI is InChI=1S/C17H31N3/c1-14(2)7-10-20(11-8-15(3)4)17-6-9-19-16(12-17)13-18-5/h6,9,12,14-15,18H,7-8,10-11,13H2,1-5H3. The summed E-state index contributed by atoms with van der Waals surface area (Å²) in [7, 11) is 1.96. The number of aromatic nitrogens is 1. The lowest BCUT2D eigenvalue weighted by Crippen LogP contribution is -2.27. The zero-order valence-corrected chi connectivity index (χ0v) is 13.8. The smallest absolute Gasteiger partial charge is 0.0562 e. The number of pyridine rings is 1. The van der Waals surface area contributed by atoms with E-state index in [-0.39, 0.29) is 0 Å². The molecule has 0 saturated heterocycles. The Hall–Kier alpha value is -1.09. The van der Waals surface area contributed by atoms with Gasteiger partial charge >= 0.3 is 0 Å². The molecule has 1 heterocycles. The topological polar surface area (TPSA) is 28.2 Å². The zero-order valence-electron chi connectivity index (χ0n) is 13.8. The van der Waals surface area contributed by atoms with E-state index in [1.807, 2.05) is 13.2 Å². The maximum absolute atomic E-state index is 4.41. The number of anilines is 1. The van der Waals surface area contributed by atoms with E-state index in [9.17, 15) is 0 Å². The number of rotatable bonds is 9. The highest BCUT2D eigenvalue weighted by molar-refractivity contribution is 5.46.